The molecule has 5 heteroatoms. The number of benzene rings is 7. The van der Waals surface area contributed by atoms with Crippen LogP contribution in [0.1, 0.15) is 0 Å². The van der Waals surface area contributed by atoms with Crippen LogP contribution < -0.4 is 0 Å². The van der Waals surface area contributed by atoms with Crippen molar-refractivity contribution in [2.24, 2.45) is 0 Å². The topological polar surface area (TPSA) is 35.6 Å². The summed E-state index contributed by atoms with van der Waals surface area (Å²) in [4.78, 5) is 13.1. The fraction of sp³-hybridized carbons (Fsp3) is 0. The van der Waals surface area contributed by atoms with E-state index in [1.807, 2.05) is 0 Å². The number of aromatic nitrogens is 4. The Morgan fingerprint density at radius 3 is 2.13 bits per heavy atom. The summed E-state index contributed by atoms with van der Waals surface area (Å²) >= 11 is 1.80. The molecule has 0 bridgehead atoms. The summed E-state index contributed by atoms with van der Waals surface area (Å²) < 4.78 is 4.71. The molecule has 10 aromatic rings. The zero-order valence-corrected chi connectivity index (χ0v) is 25.9. The van der Waals surface area contributed by atoms with E-state index in [2.05, 4.69) is 155 Å². The first kappa shape index (κ1) is 25.3. The average Bonchev–Trinajstić information content (AvgIpc) is 3.65. The van der Waals surface area contributed by atoms with E-state index in [4.69, 9.17) is 9.97 Å². The molecule has 0 amide bonds. The molecule has 0 atom stereocenters. The summed E-state index contributed by atoms with van der Waals surface area (Å²) in [5.41, 5.74) is 8.82. The second-order valence-corrected chi connectivity index (χ2v) is 13.3. The Morgan fingerprint density at radius 2 is 1.19 bits per heavy atom. The van der Waals surface area contributed by atoms with Gasteiger partial charge in [0, 0.05) is 48.0 Å². The Hall–Kier alpha value is -5.91. The van der Waals surface area contributed by atoms with Gasteiger partial charge in [-0.1, -0.05) is 109 Å². The lowest BCUT2D eigenvalue weighted by atomic mass is 10.0. The molecule has 4 nitrogen and oxygen atoms in total. The Bertz CT molecular complexity index is 2940. The van der Waals surface area contributed by atoms with Gasteiger partial charge in [-0.05, 0) is 59.3 Å². The molecule has 0 radical (unpaired) electrons. The number of fused-ring (bicyclic) bond motifs is 11. The van der Waals surface area contributed by atoms with E-state index in [0.717, 1.165) is 38.9 Å². The third kappa shape index (κ3) is 3.38. The molecule has 0 spiro atoms. The highest BCUT2D eigenvalue weighted by molar-refractivity contribution is 7.99. The summed E-state index contributed by atoms with van der Waals surface area (Å²) in [5, 5.41) is 8.51. The highest BCUT2D eigenvalue weighted by Gasteiger charge is 2.25. The van der Waals surface area contributed by atoms with Gasteiger partial charge < -0.3 is 4.57 Å². The number of para-hydroxylation sites is 2. The second-order valence-electron chi connectivity index (χ2n) is 12.2. The van der Waals surface area contributed by atoms with Crippen LogP contribution in [0.25, 0.3) is 88.2 Å². The van der Waals surface area contributed by atoms with Gasteiger partial charge in [0.05, 0.1) is 33.3 Å². The fourth-order valence-corrected chi connectivity index (χ4v) is 8.88. The van der Waals surface area contributed by atoms with Crippen molar-refractivity contribution in [3.05, 3.63) is 146 Å². The monoisotopic (exact) mass is 616 g/mol. The van der Waals surface area contributed by atoms with E-state index in [-0.39, 0.29) is 0 Å². The number of hydrogen-bond donors (Lipinski definition) is 0. The lowest BCUT2D eigenvalue weighted by Gasteiger charge is -2.20. The zero-order valence-electron chi connectivity index (χ0n) is 25.1. The van der Waals surface area contributed by atoms with Crippen LogP contribution in [0.4, 0.5) is 0 Å². The maximum absolute atomic E-state index is 5.39. The molecule has 218 valence electrons. The standard InChI is InChI=1S/C42H24N4S/c1-2-12-26(13-3-1)45-33-23-21-25-11-4-5-14-27(25)37(33)30-22-24-34-38(41(30)45)28-15-6-8-18-32(28)46(34)42-43-31-17-10-20-36-39(31)40(44-42)29-16-7-9-19-35(29)47-36/h1-24H. The van der Waals surface area contributed by atoms with Gasteiger partial charge in [-0.15, -0.1) is 0 Å². The summed E-state index contributed by atoms with van der Waals surface area (Å²) in [7, 11) is 0. The minimum absolute atomic E-state index is 0.685. The molecule has 0 fully saturated rings. The van der Waals surface area contributed by atoms with Gasteiger partial charge in [0.1, 0.15) is 0 Å². The Morgan fingerprint density at radius 1 is 0.447 bits per heavy atom. The van der Waals surface area contributed by atoms with Crippen molar-refractivity contribution >= 4 is 77.0 Å². The minimum Gasteiger partial charge on any atom is -0.309 e. The Balaban J connectivity index is 1.33. The molecule has 3 aromatic heterocycles. The van der Waals surface area contributed by atoms with E-state index in [9.17, 15) is 0 Å². The van der Waals surface area contributed by atoms with Gasteiger partial charge in [0.2, 0.25) is 5.95 Å². The molecule has 47 heavy (non-hydrogen) atoms. The van der Waals surface area contributed by atoms with Crippen molar-refractivity contribution in [2.45, 2.75) is 9.79 Å². The normalized spacial score (nSPS) is 12.6. The van der Waals surface area contributed by atoms with Gasteiger partial charge >= 0.3 is 0 Å². The minimum atomic E-state index is 0.685. The van der Waals surface area contributed by atoms with E-state index >= 15 is 0 Å². The predicted octanol–water partition coefficient (Wildman–Crippen LogP) is 11.1. The molecule has 11 rings (SSSR count). The smallest absolute Gasteiger partial charge is 0.235 e. The lowest BCUT2D eigenvalue weighted by Crippen LogP contribution is -2.05. The zero-order chi connectivity index (χ0) is 30.6. The van der Waals surface area contributed by atoms with Gasteiger partial charge in [0.25, 0.3) is 0 Å². The summed E-state index contributed by atoms with van der Waals surface area (Å²) in [6.07, 6.45) is 0. The highest BCUT2D eigenvalue weighted by Crippen LogP contribution is 2.48. The van der Waals surface area contributed by atoms with Crippen molar-refractivity contribution < 1.29 is 0 Å². The second kappa shape index (κ2) is 9.32. The lowest BCUT2D eigenvalue weighted by molar-refractivity contribution is 1.01. The largest absolute Gasteiger partial charge is 0.309 e. The first-order valence-electron chi connectivity index (χ1n) is 15.9. The maximum Gasteiger partial charge on any atom is 0.235 e. The average molecular weight is 617 g/mol. The van der Waals surface area contributed by atoms with Crippen LogP contribution in [0, 0.1) is 0 Å². The third-order valence-corrected chi connectivity index (χ3v) is 10.8. The Labute approximate surface area is 273 Å². The SMILES string of the molecule is c1ccc(-n2c3ccc4ccccc4c3c3ccc4c(c5ccccc5n4-c4nc5c6c(cccc6n4)Sc4ccccc4-5)c32)cc1. The summed E-state index contributed by atoms with van der Waals surface area (Å²) in [5.74, 6) is 0.685. The molecule has 7 aromatic carbocycles. The van der Waals surface area contributed by atoms with E-state index in [1.165, 1.54) is 53.1 Å². The van der Waals surface area contributed by atoms with Gasteiger partial charge in [-0.3, -0.25) is 4.57 Å². The number of hydrogen-bond acceptors (Lipinski definition) is 3. The van der Waals surface area contributed by atoms with Crippen LogP contribution in [0.2, 0.25) is 0 Å². The molecule has 1 aliphatic heterocycles. The van der Waals surface area contributed by atoms with Crippen molar-refractivity contribution in [3.63, 3.8) is 0 Å². The molecule has 0 saturated carbocycles. The summed E-state index contributed by atoms with van der Waals surface area (Å²) in [6.45, 7) is 0. The van der Waals surface area contributed by atoms with Crippen molar-refractivity contribution in [1.82, 2.24) is 19.1 Å². The van der Waals surface area contributed by atoms with Crippen LogP contribution in [0.15, 0.2) is 155 Å². The van der Waals surface area contributed by atoms with Crippen LogP contribution in [-0.2, 0) is 0 Å². The first-order valence-corrected chi connectivity index (χ1v) is 16.7. The van der Waals surface area contributed by atoms with Crippen LogP contribution >= 0.6 is 11.8 Å². The molecule has 0 N–H and O–H groups in total. The van der Waals surface area contributed by atoms with E-state index in [0.29, 0.717) is 5.95 Å². The van der Waals surface area contributed by atoms with E-state index in [1.54, 1.807) is 11.8 Å². The highest BCUT2D eigenvalue weighted by atomic mass is 32.2. The van der Waals surface area contributed by atoms with Crippen LogP contribution in [-0.4, -0.2) is 19.1 Å². The fourth-order valence-electron chi connectivity index (χ4n) is 7.78. The third-order valence-electron chi connectivity index (χ3n) is 9.70. The molecular formula is C42H24N4S. The van der Waals surface area contributed by atoms with Crippen LogP contribution in [0.3, 0.4) is 0 Å². The molecular weight excluding hydrogens is 593 g/mol. The van der Waals surface area contributed by atoms with Gasteiger partial charge in [-0.2, -0.15) is 0 Å². The van der Waals surface area contributed by atoms with Gasteiger partial charge in [-0.25, -0.2) is 9.97 Å². The summed E-state index contributed by atoms with van der Waals surface area (Å²) in [6, 6.07) is 52.2. The van der Waals surface area contributed by atoms with Gasteiger partial charge in [0.15, 0.2) is 0 Å². The van der Waals surface area contributed by atoms with Crippen molar-refractivity contribution in [3.8, 4) is 22.9 Å². The molecule has 0 saturated heterocycles. The van der Waals surface area contributed by atoms with Crippen molar-refractivity contribution in [1.29, 1.82) is 0 Å². The number of nitrogens with zero attached hydrogens (tertiary/aromatic N) is 4. The van der Waals surface area contributed by atoms with E-state index < -0.39 is 0 Å². The Kier molecular flexibility index (Phi) is 5.02. The predicted molar refractivity (Wildman–Crippen MR) is 195 cm³/mol. The molecule has 4 heterocycles. The molecule has 0 aliphatic carbocycles. The maximum atomic E-state index is 5.39. The number of rotatable bonds is 2. The molecule has 1 aliphatic rings. The first-order chi connectivity index (χ1) is 23.3. The van der Waals surface area contributed by atoms with Crippen LogP contribution in [0.5, 0.6) is 0 Å². The quantitative estimate of drug-likeness (QED) is 0.194. The van der Waals surface area contributed by atoms with Crippen molar-refractivity contribution in [2.75, 3.05) is 0 Å². The molecule has 0 unspecified atom stereocenters.